The van der Waals surface area contributed by atoms with Gasteiger partial charge in [0, 0.05) is 12.1 Å². The molecule has 0 fully saturated rings. The largest absolute Gasteiger partial charge is 0.534 e. The molecule has 0 amide bonds. The highest BCUT2D eigenvalue weighted by Crippen LogP contribution is 2.30. The molecular weight excluding hydrogens is 386 g/mol. The van der Waals surface area contributed by atoms with Crippen LogP contribution in [0.3, 0.4) is 0 Å². The van der Waals surface area contributed by atoms with Crippen LogP contribution in [0.2, 0.25) is 0 Å². The number of benzene rings is 1. The van der Waals surface area contributed by atoms with E-state index >= 15 is 0 Å². The van der Waals surface area contributed by atoms with Crippen LogP contribution in [0.5, 0.6) is 5.75 Å². The van der Waals surface area contributed by atoms with Gasteiger partial charge in [-0.05, 0) is 22.6 Å². The monoisotopic (exact) mass is 388 g/mol. The van der Waals surface area contributed by atoms with Gasteiger partial charge in [0.05, 0.1) is 3.57 Å². The first-order chi connectivity index (χ1) is 7.54. The number of halogens is 6. The molecule has 0 spiro atoms. The quantitative estimate of drug-likeness (QED) is 0.257. The fourth-order valence-corrected chi connectivity index (χ4v) is 1.63. The summed E-state index contributed by atoms with van der Waals surface area (Å²) in [5.41, 5.74) is -5.68. The Hall–Kier alpha value is -0.650. The second-order valence-electron chi connectivity index (χ2n) is 2.68. The minimum Gasteiger partial charge on any atom is -0.373 e. The van der Waals surface area contributed by atoms with Crippen molar-refractivity contribution in [3.8, 4) is 5.75 Å². The lowest BCUT2D eigenvalue weighted by atomic mass is 10.3. The Labute approximate surface area is 106 Å². The maximum atomic E-state index is 12.9. The minimum atomic E-state index is -5.97. The zero-order valence-corrected chi connectivity index (χ0v) is 10.5. The standard InChI is InChI=1S/C7H2F5IO3S/c8-3-1-4(9)6(2-5(3)13)16-17(14,15)7(10,11)12/h1-2H. The van der Waals surface area contributed by atoms with E-state index in [1.54, 1.807) is 0 Å². The molecule has 0 heterocycles. The van der Waals surface area contributed by atoms with Gasteiger partial charge >= 0.3 is 15.6 Å². The van der Waals surface area contributed by atoms with Crippen molar-refractivity contribution in [3.05, 3.63) is 27.3 Å². The van der Waals surface area contributed by atoms with Gasteiger partial charge in [-0.2, -0.15) is 21.6 Å². The van der Waals surface area contributed by atoms with Crippen LogP contribution in [0.1, 0.15) is 0 Å². The van der Waals surface area contributed by atoms with Gasteiger partial charge in [0.15, 0.2) is 11.6 Å². The van der Waals surface area contributed by atoms with E-state index in [-0.39, 0.29) is 9.64 Å². The Morgan fingerprint density at radius 2 is 1.65 bits per heavy atom. The lowest BCUT2D eigenvalue weighted by molar-refractivity contribution is -0.0500. The average molecular weight is 388 g/mol. The second kappa shape index (κ2) is 4.55. The van der Waals surface area contributed by atoms with Crippen LogP contribution in [0.25, 0.3) is 0 Å². The van der Waals surface area contributed by atoms with Crippen molar-refractivity contribution < 1.29 is 34.6 Å². The molecule has 0 radical (unpaired) electrons. The van der Waals surface area contributed by atoms with Crippen molar-refractivity contribution in [1.29, 1.82) is 0 Å². The Bertz CT molecular complexity index is 539. The summed E-state index contributed by atoms with van der Waals surface area (Å²) in [6.07, 6.45) is 0. The fraction of sp³-hybridized carbons (Fsp3) is 0.143. The summed E-state index contributed by atoms with van der Waals surface area (Å²) in [5.74, 6) is -3.80. The molecule has 0 aromatic heterocycles. The van der Waals surface area contributed by atoms with E-state index in [0.29, 0.717) is 6.07 Å². The van der Waals surface area contributed by atoms with Gasteiger partial charge in [0.2, 0.25) is 0 Å². The highest BCUT2D eigenvalue weighted by atomic mass is 127. The summed E-state index contributed by atoms with van der Waals surface area (Å²) in [6.45, 7) is 0. The molecule has 0 saturated carbocycles. The average Bonchev–Trinajstić information content (AvgIpc) is 2.12. The van der Waals surface area contributed by atoms with Gasteiger partial charge in [-0.15, -0.1) is 0 Å². The molecule has 0 aliphatic rings. The Balaban J connectivity index is 3.18. The predicted molar refractivity (Wildman–Crippen MR) is 54.7 cm³/mol. The maximum Gasteiger partial charge on any atom is 0.534 e. The topological polar surface area (TPSA) is 43.4 Å². The summed E-state index contributed by atoms with van der Waals surface area (Å²) in [5, 5.41) is 0. The van der Waals surface area contributed by atoms with Gasteiger partial charge in [-0.3, -0.25) is 0 Å². The molecule has 0 aliphatic carbocycles. The first-order valence-corrected chi connectivity index (χ1v) is 6.18. The SMILES string of the molecule is O=S(=O)(Oc1cc(I)c(F)cc1F)C(F)(F)F. The first-order valence-electron chi connectivity index (χ1n) is 3.70. The predicted octanol–water partition coefficient (Wildman–Crippen LogP) is 2.80. The third kappa shape index (κ3) is 3.18. The van der Waals surface area contributed by atoms with Crippen molar-refractivity contribution in [2.24, 2.45) is 0 Å². The van der Waals surface area contributed by atoms with Crippen molar-refractivity contribution >= 4 is 32.7 Å². The summed E-state index contributed by atoms with van der Waals surface area (Å²) in [4.78, 5) is 0. The van der Waals surface area contributed by atoms with Gasteiger partial charge in [0.1, 0.15) is 5.82 Å². The molecule has 0 saturated heterocycles. The molecule has 3 nitrogen and oxygen atoms in total. The van der Waals surface area contributed by atoms with Gasteiger partial charge < -0.3 is 4.18 Å². The van der Waals surface area contributed by atoms with E-state index in [0.717, 1.165) is 0 Å². The van der Waals surface area contributed by atoms with Crippen LogP contribution in [-0.4, -0.2) is 13.9 Å². The van der Waals surface area contributed by atoms with E-state index in [1.165, 1.54) is 22.6 Å². The van der Waals surface area contributed by atoms with Crippen molar-refractivity contribution in [2.45, 2.75) is 5.51 Å². The molecule has 1 aromatic rings. The lowest BCUT2D eigenvalue weighted by Gasteiger charge is -2.10. The summed E-state index contributed by atoms with van der Waals surface area (Å²) in [6, 6.07) is 0.734. The maximum absolute atomic E-state index is 12.9. The Kier molecular flexibility index (Phi) is 3.86. The number of hydrogen-bond donors (Lipinski definition) is 0. The van der Waals surface area contributed by atoms with Crippen LogP contribution in [0.4, 0.5) is 22.0 Å². The molecule has 1 aromatic carbocycles. The van der Waals surface area contributed by atoms with E-state index in [2.05, 4.69) is 4.18 Å². The highest BCUT2D eigenvalue weighted by molar-refractivity contribution is 14.1. The number of hydrogen-bond acceptors (Lipinski definition) is 3. The molecular formula is C7H2F5IO3S. The van der Waals surface area contributed by atoms with Crippen LogP contribution in [0.15, 0.2) is 12.1 Å². The molecule has 1 rings (SSSR count). The van der Waals surface area contributed by atoms with Crippen LogP contribution < -0.4 is 4.18 Å². The molecule has 0 bridgehead atoms. The summed E-state index contributed by atoms with van der Waals surface area (Å²) < 4.78 is 85.8. The lowest BCUT2D eigenvalue weighted by Crippen LogP contribution is -2.28. The molecule has 0 aliphatic heterocycles. The molecule has 17 heavy (non-hydrogen) atoms. The van der Waals surface area contributed by atoms with Crippen LogP contribution >= 0.6 is 22.6 Å². The van der Waals surface area contributed by atoms with Crippen molar-refractivity contribution in [2.75, 3.05) is 0 Å². The highest BCUT2D eigenvalue weighted by Gasteiger charge is 2.49. The normalized spacial score (nSPS) is 12.6. The molecule has 0 atom stereocenters. The van der Waals surface area contributed by atoms with E-state index < -0.39 is 33.0 Å². The van der Waals surface area contributed by atoms with Crippen LogP contribution in [-0.2, 0) is 10.1 Å². The third-order valence-electron chi connectivity index (χ3n) is 1.46. The molecule has 0 unspecified atom stereocenters. The fourth-order valence-electron chi connectivity index (χ4n) is 0.734. The van der Waals surface area contributed by atoms with E-state index in [9.17, 15) is 30.4 Å². The van der Waals surface area contributed by atoms with Gasteiger partial charge in [-0.25, -0.2) is 8.78 Å². The number of rotatable bonds is 2. The summed E-state index contributed by atoms with van der Waals surface area (Å²) in [7, 11) is -5.97. The first kappa shape index (κ1) is 14.4. The summed E-state index contributed by atoms with van der Waals surface area (Å²) >= 11 is 1.34. The second-order valence-corrected chi connectivity index (χ2v) is 5.38. The minimum absolute atomic E-state index is 0.225. The Morgan fingerprint density at radius 3 is 2.12 bits per heavy atom. The molecule has 10 heteroatoms. The number of alkyl halides is 3. The van der Waals surface area contributed by atoms with E-state index in [4.69, 9.17) is 0 Å². The molecule has 0 N–H and O–H groups in total. The zero-order valence-electron chi connectivity index (χ0n) is 7.56. The van der Waals surface area contributed by atoms with Crippen molar-refractivity contribution in [3.63, 3.8) is 0 Å². The third-order valence-corrected chi connectivity index (χ3v) is 3.25. The smallest absolute Gasteiger partial charge is 0.373 e. The Morgan fingerprint density at radius 1 is 1.12 bits per heavy atom. The van der Waals surface area contributed by atoms with E-state index in [1.807, 2.05) is 0 Å². The zero-order chi connectivity index (χ0) is 13.4. The van der Waals surface area contributed by atoms with Crippen molar-refractivity contribution in [1.82, 2.24) is 0 Å². The van der Waals surface area contributed by atoms with Gasteiger partial charge in [0.25, 0.3) is 0 Å². The molecule has 96 valence electrons. The van der Waals surface area contributed by atoms with Crippen LogP contribution in [0, 0.1) is 15.2 Å². The van der Waals surface area contributed by atoms with Gasteiger partial charge in [-0.1, -0.05) is 0 Å².